The molecule has 0 spiro atoms. The molecule has 2 aromatic carbocycles. The van der Waals surface area contributed by atoms with Gasteiger partial charge in [-0.25, -0.2) is 4.79 Å². The SMILES string of the molecule is COc1ccccc1-c1cccc(C(=O)O)c1C(C)=O. The fourth-order valence-corrected chi connectivity index (χ4v) is 2.20. The first-order valence-corrected chi connectivity index (χ1v) is 6.07. The summed E-state index contributed by atoms with van der Waals surface area (Å²) in [6.07, 6.45) is 0. The van der Waals surface area contributed by atoms with Crippen LogP contribution in [0.3, 0.4) is 0 Å². The van der Waals surface area contributed by atoms with Crippen molar-refractivity contribution >= 4 is 11.8 Å². The van der Waals surface area contributed by atoms with Crippen LogP contribution in [0.25, 0.3) is 11.1 Å². The normalized spacial score (nSPS) is 10.1. The molecule has 0 heterocycles. The van der Waals surface area contributed by atoms with E-state index in [0.717, 1.165) is 0 Å². The Morgan fingerprint density at radius 2 is 1.65 bits per heavy atom. The zero-order valence-corrected chi connectivity index (χ0v) is 11.2. The van der Waals surface area contributed by atoms with Crippen LogP contribution in [0.4, 0.5) is 0 Å². The van der Waals surface area contributed by atoms with Gasteiger partial charge in [-0.2, -0.15) is 0 Å². The quantitative estimate of drug-likeness (QED) is 0.866. The molecule has 2 aromatic rings. The zero-order valence-electron chi connectivity index (χ0n) is 11.2. The van der Waals surface area contributed by atoms with Crippen molar-refractivity contribution in [3.05, 3.63) is 53.6 Å². The van der Waals surface area contributed by atoms with E-state index in [2.05, 4.69) is 0 Å². The molecular weight excluding hydrogens is 256 g/mol. The molecule has 4 nitrogen and oxygen atoms in total. The van der Waals surface area contributed by atoms with Crippen LogP contribution >= 0.6 is 0 Å². The summed E-state index contributed by atoms with van der Waals surface area (Å²) in [7, 11) is 1.54. The fourth-order valence-electron chi connectivity index (χ4n) is 2.20. The first kappa shape index (κ1) is 13.8. The van der Waals surface area contributed by atoms with Gasteiger partial charge in [0.05, 0.1) is 12.7 Å². The van der Waals surface area contributed by atoms with Crippen molar-refractivity contribution in [2.75, 3.05) is 7.11 Å². The minimum atomic E-state index is -1.12. The first-order chi connectivity index (χ1) is 9.56. The molecule has 4 heteroatoms. The Labute approximate surface area is 116 Å². The second-order valence-electron chi connectivity index (χ2n) is 4.29. The van der Waals surface area contributed by atoms with Gasteiger partial charge in [0.2, 0.25) is 0 Å². The monoisotopic (exact) mass is 270 g/mol. The molecule has 0 aliphatic rings. The lowest BCUT2D eigenvalue weighted by Crippen LogP contribution is -2.08. The molecule has 102 valence electrons. The van der Waals surface area contributed by atoms with E-state index >= 15 is 0 Å². The number of hydrogen-bond donors (Lipinski definition) is 1. The lowest BCUT2D eigenvalue weighted by molar-refractivity contribution is 0.0692. The minimum absolute atomic E-state index is 0.000839. The Morgan fingerprint density at radius 3 is 2.25 bits per heavy atom. The highest BCUT2D eigenvalue weighted by Gasteiger charge is 2.20. The number of carboxylic acids is 1. The summed E-state index contributed by atoms with van der Waals surface area (Å²) in [6, 6.07) is 12.0. The van der Waals surface area contributed by atoms with E-state index in [-0.39, 0.29) is 16.9 Å². The van der Waals surface area contributed by atoms with Gasteiger partial charge in [-0.3, -0.25) is 4.79 Å². The van der Waals surface area contributed by atoms with E-state index in [1.54, 1.807) is 24.3 Å². The Morgan fingerprint density at radius 1 is 1.00 bits per heavy atom. The van der Waals surface area contributed by atoms with Gasteiger partial charge in [0.15, 0.2) is 5.78 Å². The number of methoxy groups -OCH3 is 1. The molecule has 0 aromatic heterocycles. The molecule has 0 aliphatic heterocycles. The van der Waals surface area contributed by atoms with Gasteiger partial charge in [-0.1, -0.05) is 30.3 Å². The standard InChI is InChI=1S/C16H14O4/c1-10(17)15-12(7-5-8-13(15)16(18)19)11-6-3-4-9-14(11)20-2/h3-9H,1-2H3,(H,18,19). The van der Waals surface area contributed by atoms with Crippen LogP contribution < -0.4 is 4.74 Å². The first-order valence-electron chi connectivity index (χ1n) is 6.07. The van der Waals surface area contributed by atoms with Crippen LogP contribution in [0.15, 0.2) is 42.5 Å². The second kappa shape index (κ2) is 5.57. The number of para-hydroxylation sites is 1. The number of rotatable bonds is 4. The minimum Gasteiger partial charge on any atom is -0.496 e. The largest absolute Gasteiger partial charge is 0.496 e. The molecule has 2 rings (SSSR count). The average Bonchev–Trinajstić information content (AvgIpc) is 2.46. The lowest BCUT2D eigenvalue weighted by atomic mass is 9.92. The Balaban J connectivity index is 2.77. The third-order valence-corrected chi connectivity index (χ3v) is 3.04. The predicted molar refractivity (Wildman–Crippen MR) is 75.4 cm³/mol. The van der Waals surface area contributed by atoms with Crippen molar-refractivity contribution in [3.63, 3.8) is 0 Å². The Bertz CT molecular complexity index is 674. The molecule has 0 amide bonds. The average molecular weight is 270 g/mol. The number of benzene rings is 2. The molecule has 0 saturated carbocycles. The summed E-state index contributed by atoms with van der Waals surface area (Å²) in [5, 5.41) is 9.23. The maximum atomic E-state index is 11.9. The third-order valence-electron chi connectivity index (χ3n) is 3.04. The van der Waals surface area contributed by atoms with Crippen molar-refractivity contribution in [1.29, 1.82) is 0 Å². The summed E-state index contributed by atoms with van der Waals surface area (Å²) in [6.45, 7) is 1.36. The number of carbonyl (C=O) groups is 2. The fraction of sp³-hybridized carbons (Fsp3) is 0.125. The van der Waals surface area contributed by atoms with Crippen molar-refractivity contribution in [1.82, 2.24) is 0 Å². The Kier molecular flexibility index (Phi) is 3.84. The van der Waals surface area contributed by atoms with Gasteiger partial charge in [0.25, 0.3) is 0 Å². The van der Waals surface area contributed by atoms with Gasteiger partial charge in [0.1, 0.15) is 5.75 Å². The summed E-state index contributed by atoms with van der Waals surface area (Å²) in [4.78, 5) is 23.1. The molecule has 1 N–H and O–H groups in total. The number of ether oxygens (including phenoxy) is 1. The summed E-state index contributed by atoms with van der Waals surface area (Å²) < 4.78 is 5.28. The highest BCUT2D eigenvalue weighted by atomic mass is 16.5. The zero-order chi connectivity index (χ0) is 14.7. The van der Waals surface area contributed by atoms with Crippen LogP contribution in [0.2, 0.25) is 0 Å². The summed E-state index contributed by atoms with van der Waals surface area (Å²) in [5.41, 5.74) is 1.46. The highest BCUT2D eigenvalue weighted by molar-refractivity contribution is 6.09. The Hall–Kier alpha value is -2.62. The van der Waals surface area contributed by atoms with Crippen molar-refractivity contribution in [2.24, 2.45) is 0 Å². The molecule has 0 radical (unpaired) electrons. The number of Topliss-reactive ketones (excluding diaryl/α,β-unsaturated/α-hetero) is 1. The van der Waals surface area contributed by atoms with Crippen LogP contribution in [0.5, 0.6) is 5.75 Å². The maximum absolute atomic E-state index is 11.9. The summed E-state index contributed by atoms with van der Waals surface area (Å²) in [5.74, 6) is -0.812. The van der Waals surface area contributed by atoms with Crippen molar-refractivity contribution < 1.29 is 19.4 Å². The van der Waals surface area contributed by atoms with Crippen LogP contribution in [0, 0.1) is 0 Å². The predicted octanol–water partition coefficient (Wildman–Crippen LogP) is 3.26. The number of carbonyl (C=O) groups excluding carboxylic acids is 1. The van der Waals surface area contributed by atoms with E-state index in [1.165, 1.54) is 20.1 Å². The summed E-state index contributed by atoms with van der Waals surface area (Å²) >= 11 is 0. The van der Waals surface area contributed by atoms with Gasteiger partial charge < -0.3 is 9.84 Å². The molecule has 0 unspecified atom stereocenters. The smallest absolute Gasteiger partial charge is 0.336 e. The van der Waals surface area contributed by atoms with Crippen molar-refractivity contribution in [2.45, 2.75) is 6.92 Å². The number of aromatic carboxylic acids is 1. The molecule has 0 bridgehead atoms. The van der Waals surface area contributed by atoms with Crippen LogP contribution in [-0.4, -0.2) is 24.0 Å². The second-order valence-corrected chi connectivity index (χ2v) is 4.29. The van der Waals surface area contributed by atoms with E-state index < -0.39 is 5.97 Å². The highest BCUT2D eigenvalue weighted by Crippen LogP contribution is 2.33. The van der Waals surface area contributed by atoms with Gasteiger partial charge >= 0.3 is 5.97 Å². The van der Waals surface area contributed by atoms with Crippen molar-refractivity contribution in [3.8, 4) is 16.9 Å². The van der Waals surface area contributed by atoms with E-state index in [4.69, 9.17) is 4.74 Å². The molecule has 0 atom stereocenters. The number of carboxylic acid groups (broad SMARTS) is 1. The van der Waals surface area contributed by atoms with Gasteiger partial charge in [-0.15, -0.1) is 0 Å². The van der Waals surface area contributed by atoms with E-state index in [0.29, 0.717) is 16.9 Å². The van der Waals surface area contributed by atoms with Crippen LogP contribution in [0.1, 0.15) is 27.6 Å². The van der Waals surface area contributed by atoms with Crippen LogP contribution in [-0.2, 0) is 0 Å². The third kappa shape index (κ3) is 2.40. The lowest BCUT2D eigenvalue weighted by Gasteiger charge is -2.13. The molecule has 0 aliphatic carbocycles. The molecule has 20 heavy (non-hydrogen) atoms. The maximum Gasteiger partial charge on any atom is 0.336 e. The number of hydrogen-bond acceptors (Lipinski definition) is 3. The molecule has 0 fully saturated rings. The van der Waals surface area contributed by atoms with E-state index in [9.17, 15) is 14.7 Å². The number of ketones is 1. The topological polar surface area (TPSA) is 63.6 Å². The van der Waals surface area contributed by atoms with E-state index in [1.807, 2.05) is 12.1 Å². The molecule has 0 saturated heterocycles. The van der Waals surface area contributed by atoms with Gasteiger partial charge in [-0.05, 0) is 24.6 Å². The molecular formula is C16H14O4. The van der Waals surface area contributed by atoms with Gasteiger partial charge in [0, 0.05) is 11.1 Å².